The normalized spacial score (nSPS) is 10.0. The summed E-state index contributed by atoms with van der Waals surface area (Å²) in [7, 11) is 0. The third-order valence-electron chi connectivity index (χ3n) is 1.94. The van der Waals surface area contributed by atoms with E-state index in [1.807, 2.05) is 18.4 Å². The van der Waals surface area contributed by atoms with Crippen molar-refractivity contribution < 1.29 is 4.79 Å². The molecule has 0 saturated carbocycles. The molecule has 0 bridgehead atoms. The van der Waals surface area contributed by atoms with Crippen molar-refractivity contribution in [2.45, 2.75) is 11.9 Å². The Balaban J connectivity index is 2.40. The third kappa shape index (κ3) is 4.71. The molecule has 1 aromatic rings. The highest BCUT2D eigenvalue weighted by atomic mass is 79.9. The van der Waals surface area contributed by atoms with E-state index < -0.39 is 0 Å². The van der Waals surface area contributed by atoms with Crippen LogP contribution >= 0.6 is 27.7 Å². The lowest BCUT2D eigenvalue weighted by atomic mass is 10.1. The minimum absolute atomic E-state index is 0.0899. The molecule has 1 aromatic carbocycles. The van der Waals surface area contributed by atoms with Crippen LogP contribution in [0, 0.1) is 0 Å². The topological polar surface area (TPSA) is 29.1 Å². The van der Waals surface area contributed by atoms with E-state index in [1.165, 1.54) is 17.3 Å². The number of carbonyl (C=O) groups is 1. The fourth-order valence-corrected chi connectivity index (χ4v) is 1.87. The van der Waals surface area contributed by atoms with Crippen molar-refractivity contribution in [2.24, 2.45) is 0 Å². The third-order valence-corrected chi connectivity index (χ3v) is 3.14. The smallest absolute Gasteiger partial charge is 0.230 e. The number of halogens is 1. The maximum atomic E-state index is 11.2. The summed E-state index contributed by atoms with van der Waals surface area (Å²) < 4.78 is 0. The lowest BCUT2D eigenvalue weighted by Gasteiger charge is -2.04. The predicted molar refractivity (Wildman–Crippen MR) is 69.3 cm³/mol. The van der Waals surface area contributed by atoms with E-state index in [-0.39, 0.29) is 5.91 Å². The second kappa shape index (κ2) is 6.90. The zero-order valence-electron chi connectivity index (χ0n) is 8.63. The number of carbonyl (C=O) groups excluding carboxylic acids is 1. The van der Waals surface area contributed by atoms with Crippen LogP contribution < -0.4 is 5.32 Å². The fraction of sp³-hybridized carbons (Fsp3) is 0.364. The molecule has 1 rings (SSSR count). The minimum Gasteiger partial charge on any atom is -0.351 e. The van der Waals surface area contributed by atoms with Gasteiger partial charge in [0.15, 0.2) is 0 Å². The van der Waals surface area contributed by atoms with Gasteiger partial charge in [-0.1, -0.05) is 40.2 Å². The molecule has 0 aliphatic carbocycles. The molecular formula is C11H14BrNOS. The highest BCUT2D eigenvalue weighted by Crippen LogP contribution is 2.07. The van der Waals surface area contributed by atoms with Gasteiger partial charge < -0.3 is 5.32 Å². The molecule has 0 aliphatic heterocycles. The van der Waals surface area contributed by atoms with Crippen LogP contribution in [0.25, 0.3) is 0 Å². The molecule has 1 amide bonds. The van der Waals surface area contributed by atoms with Gasteiger partial charge in [0.2, 0.25) is 5.91 Å². The number of hydrogen-bond acceptors (Lipinski definition) is 2. The van der Waals surface area contributed by atoms with E-state index in [9.17, 15) is 4.79 Å². The van der Waals surface area contributed by atoms with Crippen LogP contribution in [-0.2, 0) is 16.7 Å². The van der Waals surface area contributed by atoms with Crippen LogP contribution in [0.4, 0.5) is 0 Å². The van der Waals surface area contributed by atoms with Crippen molar-refractivity contribution in [3.8, 4) is 0 Å². The monoisotopic (exact) mass is 287 g/mol. The lowest BCUT2D eigenvalue weighted by molar-refractivity contribution is -0.118. The summed E-state index contributed by atoms with van der Waals surface area (Å²) in [5.41, 5.74) is 2.38. The van der Waals surface area contributed by atoms with Crippen LogP contribution in [-0.4, -0.2) is 17.9 Å². The number of thioether (sulfide) groups is 1. The average Bonchev–Trinajstić information content (AvgIpc) is 2.27. The summed E-state index contributed by atoms with van der Waals surface area (Å²) >= 11 is 4.92. The van der Waals surface area contributed by atoms with Crippen molar-refractivity contribution in [1.82, 2.24) is 5.32 Å². The van der Waals surface area contributed by atoms with Crippen LogP contribution in [0.2, 0.25) is 0 Å². The highest BCUT2D eigenvalue weighted by molar-refractivity contribution is 9.08. The number of hydrogen-bond donors (Lipinski definition) is 1. The Morgan fingerprint density at radius 1 is 1.33 bits per heavy atom. The molecular weight excluding hydrogens is 274 g/mol. The molecule has 1 N–H and O–H groups in total. The molecule has 0 aromatic heterocycles. The lowest BCUT2D eigenvalue weighted by Crippen LogP contribution is -2.24. The Morgan fingerprint density at radius 2 is 1.93 bits per heavy atom. The first kappa shape index (κ1) is 12.6. The quantitative estimate of drug-likeness (QED) is 0.844. The Labute approximate surface area is 103 Å². The van der Waals surface area contributed by atoms with Gasteiger partial charge in [0, 0.05) is 11.9 Å². The Kier molecular flexibility index (Phi) is 5.79. The molecule has 2 nitrogen and oxygen atoms in total. The van der Waals surface area contributed by atoms with Crippen molar-refractivity contribution in [3.05, 3.63) is 35.4 Å². The molecule has 0 heterocycles. The van der Waals surface area contributed by atoms with E-state index in [0.717, 1.165) is 10.9 Å². The second-order valence-corrected chi connectivity index (χ2v) is 4.59. The SMILES string of the molecule is CSCC(=O)NCc1ccc(CBr)cc1. The average molecular weight is 288 g/mol. The maximum absolute atomic E-state index is 11.2. The summed E-state index contributed by atoms with van der Waals surface area (Å²) in [6.45, 7) is 0.613. The molecule has 0 unspecified atom stereocenters. The molecule has 0 radical (unpaired) electrons. The van der Waals surface area contributed by atoms with Crippen LogP contribution in [0.5, 0.6) is 0 Å². The maximum Gasteiger partial charge on any atom is 0.230 e. The zero-order chi connectivity index (χ0) is 11.1. The van der Waals surface area contributed by atoms with E-state index in [2.05, 4.69) is 33.4 Å². The van der Waals surface area contributed by atoms with Gasteiger partial charge in [-0.05, 0) is 17.4 Å². The number of amides is 1. The van der Waals surface area contributed by atoms with Crippen LogP contribution in [0.1, 0.15) is 11.1 Å². The van der Waals surface area contributed by atoms with Gasteiger partial charge in [-0.15, -0.1) is 0 Å². The number of benzene rings is 1. The van der Waals surface area contributed by atoms with E-state index in [0.29, 0.717) is 12.3 Å². The summed E-state index contributed by atoms with van der Waals surface area (Å²) in [4.78, 5) is 11.2. The summed E-state index contributed by atoms with van der Waals surface area (Å²) in [5, 5.41) is 3.73. The summed E-state index contributed by atoms with van der Waals surface area (Å²) in [6.07, 6.45) is 1.92. The predicted octanol–water partition coefficient (Wildman–Crippen LogP) is 2.56. The Bertz CT molecular complexity index is 313. The van der Waals surface area contributed by atoms with Gasteiger partial charge in [-0.3, -0.25) is 4.79 Å². The molecule has 82 valence electrons. The number of rotatable bonds is 5. The number of alkyl halides is 1. The molecule has 15 heavy (non-hydrogen) atoms. The first-order chi connectivity index (χ1) is 7.26. The summed E-state index contributed by atoms with van der Waals surface area (Å²) in [6, 6.07) is 8.20. The molecule has 0 atom stereocenters. The van der Waals surface area contributed by atoms with Crippen molar-refractivity contribution >= 4 is 33.6 Å². The van der Waals surface area contributed by atoms with Crippen LogP contribution in [0.15, 0.2) is 24.3 Å². The zero-order valence-corrected chi connectivity index (χ0v) is 11.0. The first-order valence-corrected chi connectivity index (χ1v) is 7.17. The molecule has 4 heteroatoms. The van der Waals surface area contributed by atoms with Gasteiger partial charge in [0.05, 0.1) is 5.75 Å². The molecule has 0 fully saturated rings. The molecule has 0 aliphatic rings. The van der Waals surface area contributed by atoms with Crippen LogP contribution in [0.3, 0.4) is 0 Å². The second-order valence-electron chi connectivity index (χ2n) is 3.16. The summed E-state index contributed by atoms with van der Waals surface area (Å²) in [5.74, 6) is 0.617. The Morgan fingerprint density at radius 3 is 2.47 bits per heavy atom. The van der Waals surface area contributed by atoms with Gasteiger partial charge in [0.1, 0.15) is 0 Å². The minimum atomic E-state index is 0.0899. The van der Waals surface area contributed by atoms with Gasteiger partial charge in [-0.2, -0.15) is 11.8 Å². The number of nitrogens with one attached hydrogen (secondary N) is 1. The van der Waals surface area contributed by atoms with E-state index in [1.54, 1.807) is 0 Å². The van der Waals surface area contributed by atoms with Gasteiger partial charge >= 0.3 is 0 Å². The first-order valence-electron chi connectivity index (χ1n) is 4.65. The van der Waals surface area contributed by atoms with Crippen molar-refractivity contribution in [3.63, 3.8) is 0 Å². The largest absolute Gasteiger partial charge is 0.351 e. The van der Waals surface area contributed by atoms with E-state index in [4.69, 9.17) is 0 Å². The van der Waals surface area contributed by atoms with Gasteiger partial charge in [-0.25, -0.2) is 0 Å². The van der Waals surface area contributed by atoms with Gasteiger partial charge in [0.25, 0.3) is 0 Å². The molecule has 0 spiro atoms. The van der Waals surface area contributed by atoms with E-state index >= 15 is 0 Å². The molecule has 0 saturated heterocycles. The Hall–Kier alpha value is -0.480. The standard InChI is InChI=1S/C11H14BrNOS/c1-15-8-11(14)13-7-10-4-2-9(6-12)3-5-10/h2-5H,6-8H2,1H3,(H,13,14). The fourth-order valence-electron chi connectivity index (χ4n) is 1.13. The van der Waals surface area contributed by atoms with Crippen molar-refractivity contribution in [2.75, 3.05) is 12.0 Å². The van der Waals surface area contributed by atoms with Crippen molar-refractivity contribution in [1.29, 1.82) is 0 Å². The highest BCUT2D eigenvalue weighted by Gasteiger charge is 1.99.